The van der Waals surface area contributed by atoms with Crippen molar-refractivity contribution in [3.63, 3.8) is 0 Å². The topological polar surface area (TPSA) is 64.6 Å². The first-order chi connectivity index (χ1) is 14.3. The SMILES string of the molecule is CNC(Cc1ccccc1)Oc1ccc2ncc(-c3cc4ccccc4o3)n2n1. The van der Waals surface area contributed by atoms with E-state index in [2.05, 4.69) is 27.5 Å². The molecule has 6 heteroatoms. The van der Waals surface area contributed by atoms with Crippen molar-refractivity contribution in [2.75, 3.05) is 7.05 Å². The molecule has 0 bridgehead atoms. The highest BCUT2D eigenvalue weighted by atomic mass is 16.5. The fourth-order valence-electron chi connectivity index (χ4n) is 3.37. The minimum absolute atomic E-state index is 0.194. The fourth-order valence-corrected chi connectivity index (χ4v) is 3.37. The maximum atomic E-state index is 6.09. The molecule has 0 amide bonds. The van der Waals surface area contributed by atoms with E-state index < -0.39 is 0 Å². The van der Waals surface area contributed by atoms with E-state index in [0.29, 0.717) is 5.88 Å². The molecular formula is C23H20N4O2. The van der Waals surface area contributed by atoms with Gasteiger partial charge in [0.2, 0.25) is 5.88 Å². The molecule has 3 heterocycles. The largest absolute Gasteiger partial charge is 0.457 e. The smallest absolute Gasteiger partial charge is 0.233 e. The Morgan fingerprint density at radius 1 is 1.03 bits per heavy atom. The number of nitrogens with zero attached hydrogens (tertiary/aromatic N) is 3. The molecule has 29 heavy (non-hydrogen) atoms. The number of aromatic nitrogens is 3. The van der Waals surface area contributed by atoms with Crippen LogP contribution < -0.4 is 10.1 Å². The predicted octanol–water partition coefficient (Wildman–Crippen LogP) is 4.31. The molecule has 0 radical (unpaired) electrons. The Bertz CT molecular complexity index is 1230. The van der Waals surface area contributed by atoms with Gasteiger partial charge in [0, 0.05) is 17.9 Å². The highest BCUT2D eigenvalue weighted by Gasteiger charge is 2.15. The summed E-state index contributed by atoms with van der Waals surface area (Å²) in [6.07, 6.45) is 2.31. The van der Waals surface area contributed by atoms with Gasteiger partial charge in [-0.05, 0) is 30.8 Å². The molecule has 0 aliphatic rings. The highest BCUT2D eigenvalue weighted by molar-refractivity contribution is 5.82. The van der Waals surface area contributed by atoms with Gasteiger partial charge >= 0.3 is 0 Å². The summed E-state index contributed by atoms with van der Waals surface area (Å²) in [6, 6.07) is 23.9. The van der Waals surface area contributed by atoms with Crippen molar-refractivity contribution < 1.29 is 9.15 Å². The van der Waals surface area contributed by atoms with Crippen molar-refractivity contribution in [2.24, 2.45) is 0 Å². The average Bonchev–Trinajstić information content (AvgIpc) is 3.37. The molecule has 3 aromatic heterocycles. The summed E-state index contributed by atoms with van der Waals surface area (Å²) in [5.41, 5.74) is 3.55. The fraction of sp³-hybridized carbons (Fsp3) is 0.130. The van der Waals surface area contributed by atoms with E-state index in [-0.39, 0.29) is 6.23 Å². The van der Waals surface area contributed by atoms with Gasteiger partial charge in [0.05, 0.1) is 6.20 Å². The van der Waals surface area contributed by atoms with Crippen molar-refractivity contribution in [1.82, 2.24) is 19.9 Å². The summed E-state index contributed by atoms with van der Waals surface area (Å²) in [7, 11) is 1.88. The number of imidazole rings is 1. The second-order valence-corrected chi connectivity index (χ2v) is 6.82. The minimum Gasteiger partial charge on any atom is -0.457 e. The van der Waals surface area contributed by atoms with E-state index in [1.165, 1.54) is 5.56 Å². The van der Waals surface area contributed by atoms with Gasteiger partial charge in [-0.1, -0.05) is 48.5 Å². The monoisotopic (exact) mass is 384 g/mol. The van der Waals surface area contributed by atoms with Crippen LogP contribution in [0.5, 0.6) is 5.88 Å². The standard InChI is InChI=1S/C23H20N4O2/c1-24-23(13-16-7-3-2-4-8-16)29-22-12-11-21-25-15-18(27(21)26-22)20-14-17-9-5-6-10-19(17)28-20/h2-12,14-15,23-24H,13H2,1H3. The molecule has 6 nitrogen and oxygen atoms in total. The molecule has 0 aliphatic carbocycles. The summed E-state index contributed by atoms with van der Waals surface area (Å²) >= 11 is 0. The van der Waals surface area contributed by atoms with Crippen LogP contribution in [0.3, 0.4) is 0 Å². The van der Waals surface area contributed by atoms with Crippen LogP contribution in [0.1, 0.15) is 5.56 Å². The Kier molecular flexibility index (Phi) is 4.46. The van der Waals surface area contributed by atoms with Gasteiger partial charge < -0.3 is 9.15 Å². The molecule has 0 saturated carbocycles. The molecule has 0 spiro atoms. The van der Waals surface area contributed by atoms with Crippen molar-refractivity contribution in [3.8, 4) is 17.3 Å². The van der Waals surface area contributed by atoms with Crippen LogP contribution in [0, 0.1) is 0 Å². The number of para-hydroxylation sites is 1. The second-order valence-electron chi connectivity index (χ2n) is 6.82. The molecule has 2 aromatic carbocycles. The molecule has 5 aromatic rings. The maximum absolute atomic E-state index is 6.09. The normalized spacial score (nSPS) is 12.4. The van der Waals surface area contributed by atoms with Gasteiger partial charge in [-0.25, -0.2) is 9.50 Å². The number of benzene rings is 2. The lowest BCUT2D eigenvalue weighted by molar-refractivity contribution is 0.164. The summed E-state index contributed by atoms with van der Waals surface area (Å²) in [5.74, 6) is 1.24. The summed E-state index contributed by atoms with van der Waals surface area (Å²) < 4.78 is 13.8. The molecular weight excluding hydrogens is 364 g/mol. The summed E-state index contributed by atoms with van der Waals surface area (Å²) in [6.45, 7) is 0. The van der Waals surface area contributed by atoms with E-state index >= 15 is 0 Å². The van der Waals surface area contributed by atoms with Crippen LogP contribution in [0.15, 0.2) is 83.4 Å². The van der Waals surface area contributed by atoms with Crippen molar-refractivity contribution in [1.29, 1.82) is 0 Å². The Labute approximate surface area is 167 Å². The molecule has 0 aliphatic heterocycles. The van der Waals surface area contributed by atoms with Crippen molar-refractivity contribution >= 4 is 16.6 Å². The van der Waals surface area contributed by atoms with Crippen LogP contribution in [-0.4, -0.2) is 27.9 Å². The minimum atomic E-state index is -0.194. The summed E-state index contributed by atoms with van der Waals surface area (Å²) in [4.78, 5) is 4.44. The zero-order valence-corrected chi connectivity index (χ0v) is 15.9. The molecule has 1 unspecified atom stereocenters. The maximum Gasteiger partial charge on any atom is 0.233 e. The van der Waals surface area contributed by atoms with Gasteiger partial charge in [-0.2, -0.15) is 0 Å². The number of rotatable bonds is 6. The number of furan rings is 1. The predicted molar refractivity (Wildman–Crippen MR) is 112 cm³/mol. The van der Waals surface area contributed by atoms with E-state index in [4.69, 9.17) is 9.15 Å². The van der Waals surface area contributed by atoms with Crippen LogP contribution in [-0.2, 0) is 6.42 Å². The van der Waals surface area contributed by atoms with E-state index in [1.54, 1.807) is 10.7 Å². The molecule has 0 fully saturated rings. The van der Waals surface area contributed by atoms with E-state index in [9.17, 15) is 0 Å². The molecule has 0 saturated heterocycles. The van der Waals surface area contributed by atoms with Gasteiger partial charge in [0.25, 0.3) is 0 Å². The van der Waals surface area contributed by atoms with Crippen LogP contribution in [0.4, 0.5) is 0 Å². The zero-order valence-electron chi connectivity index (χ0n) is 15.9. The van der Waals surface area contributed by atoms with E-state index in [1.807, 2.05) is 67.7 Å². The lowest BCUT2D eigenvalue weighted by atomic mass is 10.1. The van der Waals surface area contributed by atoms with Gasteiger partial charge in [-0.3, -0.25) is 5.32 Å². The van der Waals surface area contributed by atoms with Gasteiger partial charge in [0.1, 0.15) is 11.3 Å². The number of hydrogen-bond acceptors (Lipinski definition) is 5. The first-order valence-corrected chi connectivity index (χ1v) is 9.52. The lowest BCUT2D eigenvalue weighted by Crippen LogP contribution is -2.33. The number of hydrogen-bond donors (Lipinski definition) is 1. The number of fused-ring (bicyclic) bond motifs is 2. The Morgan fingerprint density at radius 2 is 1.86 bits per heavy atom. The van der Waals surface area contributed by atoms with Crippen molar-refractivity contribution in [2.45, 2.75) is 12.6 Å². The second kappa shape index (κ2) is 7.41. The molecule has 1 N–H and O–H groups in total. The highest BCUT2D eigenvalue weighted by Crippen LogP contribution is 2.28. The van der Waals surface area contributed by atoms with Gasteiger partial charge in [-0.15, -0.1) is 5.10 Å². The lowest BCUT2D eigenvalue weighted by Gasteiger charge is -2.17. The summed E-state index contributed by atoms with van der Waals surface area (Å²) in [5, 5.41) is 8.89. The molecule has 1 atom stereocenters. The third-order valence-corrected chi connectivity index (χ3v) is 4.86. The number of ether oxygens (including phenoxy) is 1. The van der Waals surface area contributed by atoms with Crippen molar-refractivity contribution in [3.05, 3.63) is 84.6 Å². The van der Waals surface area contributed by atoms with E-state index in [0.717, 1.165) is 34.5 Å². The molecule has 5 rings (SSSR count). The average molecular weight is 384 g/mol. The number of likely N-dealkylation sites (N-methyl/N-ethyl adjacent to an activating group) is 1. The first-order valence-electron chi connectivity index (χ1n) is 9.52. The Balaban J connectivity index is 1.45. The Hall–Kier alpha value is -3.64. The zero-order chi connectivity index (χ0) is 19.6. The Morgan fingerprint density at radius 3 is 2.69 bits per heavy atom. The number of nitrogens with one attached hydrogen (secondary N) is 1. The third-order valence-electron chi connectivity index (χ3n) is 4.86. The van der Waals surface area contributed by atoms with Crippen LogP contribution >= 0.6 is 0 Å². The van der Waals surface area contributed by atoms with Crippen LogP contribution in [0.25, 0.3) is 28.1 Å². The third kappa shape index (κ3) is 3.46. The molecule has 144 valence electrons. The quantitative estimate of drug-likeness (QED) is 0.442. The van der Waals surface area contributed by atoms with Crippen LogP contribution in [0.2, 0.25) is 0 Å². The van der Waals surface area contributed by atoms with Gasteiger partial charge in [0.15, 0.2) is 17.6 Å². The first kappa shape index (κ1) is 17.5.